The molecule has 2 aliphatic rings. The van der Waals surface area contributed by atoms with E-state index in [0.29, 0.717) is 6.54 Å². The number of rotatable bonds is 6. The van der Waals surface area contributed by atoms with E-state index in [0.717, 1.165) is 63.8 Å². The second kappa shape index (κ2) is 11.7. The average molecular weight is 445 g/mol. The molecule has 1 aromatic carbocycles. The van der Waals surface area contributed by atoms with Crippen LogP contribution in [0.2, 0.25) is 0 Å². The molecular weight excluding hydrogens is 411 g/mol. The van der Waals surface area contributed by atoms with E-state index in [9.17, 15) is 9.59 Å². The summed E-state index contributed by atoms with van der Waals surface area (Å²) < 4.78 is 0. The van der Waals surface area contributed by atoms with Gasteiger partial charge < -0.3 is 16.4 Å². The standard InChI is InChI=1S/C21H32N4O2.2ClH/c1-21(9-2-3-10-24-21)20(27)23-13-16-6-4-7-17(12-16)14-25-11-5-8-18(15-25)19(22)26;;/h4,6-7,12,18,24H,2-3,5,8-11,13-15H2,1H3,(H2,22,26)(H,23,27);2*1H. The van der Waals surface area contributed by atoms with Crippen LogP contribution in [0, 0.1) is 5.92 Å². The average Bonchev–Trinajstić information content (AvgIpc) is 2.67. The number of piperidine rings is 2. The van der Waals surface area contributed by atoms with E-state index in [4.69, 9.17) is 5.73 Å². The Kier molecular flexibility index (Phi) is 10.4. The second-order valence-electron chi connectivity index (χ2n) is 8.20. The monoisotopic (exact) mass is 444 g/mol. The van der Waals surface area contributed by atoms with Crippen molar-refractivity contribution in [3.05, 3.63) is 35.4 Å². The molecule has 2 amide bonds. The predicted molar refractivity (Wildman–Crippen MR) is 120 cm³/mol. The number of hydrogen-bond acceptors (Lipinski definition) is 4. The first-order valence-electron chi connectivity index (χ1n) is 10.1. The Morgan fingerprint density at radius 3 is 2.69 bits per heavy atom. The van der Waals surface area contributed by atoms with Crippen molar-refractivity contribution in [1.29, 1.82) is 0 Å². The highest BCUT2D eigenvalue weighted by Gasteiger charge is 2.33. The minimum Gasteiger partial charge on any atom is -0.369 e. The van der Waals surface area contributed by atoms with Crippen molar-refractivity contribution in [2.45, 2.75) is 57.7 Å². The Labute approximate surface area is 186 Å². The van der Waals surface area contributed by atoms with Gasteiger partial charge in [0.1, 0.15) is 0 Å². The van der Waals surface area contributed by atoms with Gasteiger partial charge in [0.05, 0.1) is 11.5 Å². The third-order valence-electron chi connectivity index (χ3n) is 5.88. The molecule has 2 atom stereocenters. The van der Waals surface area contributed by atoms with Crippen LogP contribution in [-0.2, 0) is 22.7 Å². The maximum atomic E-state index is 12.6. The summed E-state index contributed by atoms with van der Waals surface area (Å²) in [7, 11) is 0. The first-order chi connectivity index (χ1) is 13.0. The number of carbonyl (C=O) groups is 2. The van der Waals surface area contributed by atoms with Crippen LogP contribution in [0.4, 0.5) is 0 Å². The molecule has 0 aliphatic carbocycles. The van der Waals surface area contributed by atoms with Crippen molar-refractivity contribution in [2.24, 2.45) is 11.7 Å². The van der Waals surface area contributed by atoms with Crippen LogP contribution in [0.5, 0.6) is 0 Å². The highest BCUT2D eigenvalue weighted by Crippen LogP contribution is 2.20. The molecule has 0 bridgehead atoms. The zero-order chi connectivity index (χ0) is 19.3. The highest BCUT2D eigenvalue weighted by atomic mass is 35.5. The first kappa shape index (κ1) is 25.7. The van der Waals surface area contributed by atoms with E-state index in [1.54, 1.807) is 0 Å². The molecule has 2 saturated heterocycles. The van der Waals surface area contributed by atoms with Crippen LogP contribution in [0.15, 0.2) is 24.3 Å². The first-order valence-corrected chi connectivity index (χ1v) is 10.1. The molecule has 6 nitrogen and oxygen atoms in total. The van der Waals surface area contributed by atoms with Crippen LogP contribution in [-0.4, -0.2) is 41.9 Å². The zero-order valence-electron chi connectivity index (χ0n) is 17.1. The molecule has 2 unspecified atom stereocenters. The SMILES string of the molecule is CC1(C(=O)NCc2cccc(CN3CCCC(C(N)=O)C3)c2)CCCCN1.Cl.Cl. The summed E-state index contributed by atoms with van der Waals surface area (Å²) in [6.07, 6.45) is 5.01. The van der Waals surface area contributed by atoms with Crippen molar-refractivity contribution in [1.82, 2.24) is 15.5 Å². The molecule has 164 valence electrons. The maximum absolute atomic E-state index is 12.6. The van der Waals surface area contributed by atoms with E-state index in [2.05, 4.69) is 27.7 Å². The Balaban J connectivity index is 0.00000210. The minimum atomic E-state index is -0.451. The molecule has 4 N–H and O–H groups in total. The third kappa shape index (κ3) is 7.14. The van der Waals surface area contributed by atoms with Crippen molar-refractivity contribution >= 4 is 36.6 Å². The van der Waals surface area contributed by atoms with Crippen molar-refractivity contribution in [3.8, 4) is 0 Å². The molecule has 0 spiro atoms. The molecule has 2 heterocycles. The number of benzene rings is 1. The Morgan fingerprint density at radius 2 is 2.00 bits per heavy atom. The number of amides is 2. The lowest BCUT2D eigenvalue weighted by molar-refractivity contribution is -0.128. The van der Waals surface area contributed by atoms with Crippen LogP contribution < -0.4 is 16.4 Å². The largest absolute Gasteiger partial charge is 0.369 e. The molecule has 2 fully saturated rings. The van der Waals surface area contributed by atoms with Crippen molar-refractivity contribution < 1.29 is 9.59 Å². The smallest absolute Gasteiger partial charge is 0.240 e. The molecule has 0 saturated carbocycles. The molecule has 0 aromatic heterocycles. The lowest BCUT2D eigenvalue weighted by Gasteiger charge is -2.33. The summed E-state index contributed by atoms with van der Waals surface area (Å²) in [6.45, 7) is 5.97. The summed E-state index contributed by atoms with van der Waals surface area (Å²) in [5.74, 6) is -0.154. The number of hydrogen-bond donors (Lipinski definition) is 3. The van der Waals surface area contributed by atoms with Gasteiger partial charge in [-0.25, -0.2) is 0 Å². The molecule has 29 heavy (non-hydrogen) atoms. The van der Waals surface area contributed by atoms with Gasteiger partial charge in [-0.2, -0.15) is 0 Å². The van der Waals surface area contributed by atoms with Gasteiger partial charge in [0.2, 0.25) is 11.8 Å². The van der Waals surface area contributed by atoms with Crippen molar-refractivity contribution in [3.63, 3.8) is 0 Å². The number of primary amides is 1. The maximum Gasteiger partial charge on any atom is 0.240 e. The fraction of sp³-hybridized carbons (Fsp3) is 0.619. The Morgan fingerprint density at radius 1 is 1.24 bits per heavy atom. The van der Waals surface area contributed by atoms with E-state index in [-0.39, 0.29) is 42.5 Å². The van der Waals surface area contributed by atoms with Crippen LogP contribution in [0.1, 0.15) is 50.2 Å². The van der Waals surface area contributed by atoms with Gasteiger partial charge in [0.15, 0.2) is 0 Å². The van der Waals surface area contributed by atoms with Gasteiger partial charge in [0.25, 0.3) is 0 Å². The van der Waals surface area contributed by atoms with Crippen LogP contribution >= 0.6 is 24.8 Å². The van der Waals surface area contributed by atoms with E-state index >= 15 is 0 Å². The topological polar surface area (TPSA) is 87.5 Å². The number of nitrogens with one attached hydrogen (secondary N) is 2. The number of halogens is 2. The highest BCUT2D eigenvalue weighted by molar-refractivity contribution is 5.86. The summed E-state index contributed by atoms with van der Waals surface area (Å²) in [5.41, 5.74) is 7.33. The zero-order valence-corrected chi connectivity index (χ0v) is 18.7. The third-order valence-corrected chi connectivity index (χ3v) is 5.88. The quantitative estimate of drug-likeness (QED) is 0.628. The van der Waals surface area contributed by atoms with E-state index < -0.39 is 5.54 Å². The number of carbonyl (C=O) groups excluding carboxylic acids is 2. The van der Waals surface area contributed by atoms with Gasteiger partial charge in [-0.1, -0.05) is 24.3 Å². The van der Waals surface area contributed by atoms with Gasteiger partial charge in [-0.3, -0.25) is 14.5 Å². The molecule has 2 aliphatic heterocycles. The summed E-state index contributed by atoms with van der Waals surface area (Å²) >= 11 is 0. The Hall–Kier alpha value is -1.34. The number of likely N-dealkylation sites (tertiary alicyclic amines) is 1. The minimum absolute atomic E-state index is 0. The van der Waals surface area contributed by atoms with Gasteiger partial charge in [-0.05, 0) is 63.2 Å². The van der Waals surface area contributed by atoms with Gasteiger partial charge in [0, 0.05) is 19.6 Å². The fourth-order valence-corrected chi connectivity index (χ4v) is 4.15. The van der Waals surface area contributed by atoms with Gasteiger partial charge >= 0.3 is 0 Å². The predicted octanol–water partition coefficient (Wildman–Crippen LogP) is 2.38. The van der Waals surface area contributed by atoms with Gasteiger partial charge in [-0.15, -0.1) is 24.8 Å². The molecule has 1 aromatic rings. The summed E-state index contributed by atoms with van der Waals surface area (Å²) in [5, 5.41) is 6.44. The van der Waals surface area contributed by atoms with Crippen LogP contribution in [0.3, 0.4) is 0 Å². The lowest BCUT2D eigenvalue weighted by Crippen LogP contribution is -2.56. The fourth-order valence-electron chi connectivity index (χ4n) is 4.15. The van der Waals surface area contributed by atoms with E-state index in [1.807, 2.05) is 19.1 Å². The Bertz CT molecular complexity index is 680. The normalized spacial score (nSPS) is 24.7. The number of nitrogens with two attached hydrogens (primary N) is 1. The summed E-state index contributed by atoms with van der Waals surface area (Å²) in [6, 6.07) is 8.32. The van der Waals surface area contributed by atoms with Crippen molar-refractivity contribution in [2.75, 3.05) is 19.6 Å². The summed E-state index contributed by atoms with van der Waals surface area (Å²) in [4.78, 5) is 26.3. The molecule has 3 rings (SSSR count). The second-order valence-corrected chi connectivity index (χ2v) is 8.20. The molecule has 8 heteroatoms. The molecular formula is C21H34Cl2N4O2. The molecule has 0 radical (unpaired) electrons. The van der Waals surface area contributed by atoms with Crippen LogP contribution in [0.25, 0.3) is 0 Å². The van der Waals surface area contributed by atoms with E-state index in [1.165, 1.54) is 5.56 Å². The lowest BCUT2D eigenvalue weighted by atomic mass is 9.90. The number of nitrogens with zero attached hydrogens (tertiary/aromatic N) is 1.